The summed E-state index contributed by atoms with van der Waals surface area (Å²) in [6.07, 6.45) is 7.41. The van der Waals surface area contributed by atoms with Gasteiger partial charge in [0.1, 0.15) is 6.04 Å². The Kier molecular flexibility index (Phi) is 5.57. The van der Waals surface area contributed by atoms with Crippen LogP contribution in [0.1, 0.15) is 50.5 Å². The van der Waals surface area contributed by atoms with Crippen LogP contribution in [0.15, 0.2) is 30.3 Å². The zero-order valence-electron chi connectivity index (χ0n) is 14.3. The maximum absolute atomic E-state index is 12.1. The first kappa shape index (κ1) is 17.4. The molecule has 4 nitrogen and oxygen atoms in total. The summed E-state index contributed by atoms with van der Waals surface area (Å²) >= 11 is 0. The molecule has 2 fully saturated rings. The molecule has 1 aromatic rings. The van der Waals surface area contributed by atoms with Gasteiger partial charge in [-0.1, -0.05) is 49.6 Å². The fraction of sp³-hybridized carbons (Fsp3) is 0.650. The van der Waals surface area contributed by atoms with E-state index in [1.165, 1.54) is 25.7 Å². The molecule has 24 heavy (non-hydrogen) atoms. The molecule has 4 heteroatoms. The Morgan fingerprint density at radius 1 is 1.21 bits per heavy atom. The first-order valence-electron chi connectivity index (χ1n) is 9.24. The average Bonchev–Trinajstić information content (AvgIpc) is 2.55. The first-order valence-corrected chi connectivity index (χ1v) is 9.24. The first-order chi connectivity index (χ1) is 11.6. The van der Waals surface area contributed by atoms with Gasteiger partial charge in [-0.05, 0) is 48.5 Å². The van der Waals surface area contributed by atoms with Crippen LogP contribution < -0.4 is 5.32 Å². The quantitative estimate of drug-likeness (QED) is 0.718. The van der Waals surface area contributed by atoms with E-state index in [9.17, 15) is 15.0 Å². The molecule has 2 aliphatic rings. The third kappa shape index (κ3) is 3.81. The van der Waals surface area contributed by atoms with Gasteiger partial charge in [0.2, 0.25) is 0 Å². The van der Waals surface area contributed by atoms with E-state index in [0.717, 1.165) is 18.4 Å². The maximum Gasteiger partial charge on any atom is 0.321 e. The van der Waals surface area contributed by atoms with Gasteiger partial charge in [0.05, 0.1) is 0 Å². The summed E-state index contributed by atoms with van der Waals surface area (Å²) in [6, 6.07) is 9.35. The monoisotopic (exact) mass is 331 g/mol. The second kappa shape index (κ2) is 7.66. The fourth-order valence-corrected chi connectivity index (χ4v) is 5.19. The van der Waals surface area contributed by atoms with Gasteiger partial charge in [0.25, 0.3) is 0 Å². The van der Waals surface area contributed by atoms with Crippen LogP contribution >= 0.6 is 0 Å². The molecular weight excluding hydrogens is 302 g/mol. The molecule has 3 N–H and O–H groups in total. The van der Waals surface area contributed by atoms with Gasteiger partial charge in [-0.2, -0.15) is 0 Å². The minimum absolute atomic E-state index is 0.0657. The molecule has 3 atom stereocenters. The summed E-state index contributed by atoms with van der Waals surface area (Å²) in [5, 5.41) is 22.9. The minimum Gasteiger partial charge on any atom is -0.480 e. The summed E-state index contributed by atoms with van der Waals surface area (Å²) in [6.45, 7) is 0.622. The minimum atomic E-state index is -0.778. The van der Waals surface area contributed by atoms with E-state index in [-0.39, 0.29) is 12.0 Å². The number of carboxylic acids is 1. The summed E-state index contributed by atoms with van der Waals surface area (Å²) in [5.41, 5.74) is 0.780. The molecule has 2 aliphatic carbocycles. The zero-order chi connectivity index (χ0) is 17.0. The molecule has 3 unspecified atom stereocenters. The van der Waals surface area contributed by atoms with Crippen molar-refractivity contribution < 1.29 is 15.0 Å². The van der Waals surface area contributed by atoms with Crippen molar-refractivity contribution in [3.8, 4) is 0 Å². The van der Waals surface area contributed by atoms with Gasteiger partial charge >= 0.3 is 5.97 Å². The summed E-state index contributed by atoms with van der Waals surface area (Å²) in [5.74, 6) is 0.480. The van der Waals surface area contributed by atoms with E-state index in [1.54, 1.807) is 0 Å². The summed E-state index contributed by atoms with van der Waals surface area (Å²) < 4.78 is 0. The molecule has 0 radical (unpaired) electrons. The molecule has 0 aromatic heterocycles. The van der Waals surface area contributed by atoms with E-state index in [0.29, 0.717) is 24.8 Å². The Morgan fingerprint density at radius 3 is 2.46 bits per heavy atom. The lowest BCUT2D eigenvalue weighted by atomic mass is 9.57. The molecule has 3 rings (SSSR count). The number of fused-ring (bicyclic) bond motifs is 2. The predicted molar refractivity (Wildman–Crippen MR) is 93.5 cm³/mol. The second-order valence-electron chi connectivity index (χ2n) is 7.78. The normalized spacial score (nSPS) is 30.7. The number of benzene rings is 1. The fourth-order valence-electron chi connectivity index (χ4n) is 5.19. The highest BCUT2D eigenvalue weighted by Crippen LogP contribution is 2.52. The van der Waals surface area contributed by atoms with Crippen molar-refractivity contribution in [2.45, 2.75) is 57.5 Å². The van der Waals surface area contributed by atoms with Crippen LogP contribution in [0.3, 0.4) is 0 Å². The largest absolute Gasteiger partial charge is 0.480 e. The smallest absolute Gasteiger partial charge is 0.321 e. The topological polar surface area (TPSA) is 69.6 Å². The van der Waals surface area contributed by atoms with Crippen LogP contribution in [0.25, 0.3) is 0 Å². The molecule has 2 bridgehead atoms. The lowest BCUT2D eigenvalue weighted by molar-refractivity contribution is -0.146. The number of aliphatic hydroxyl groups is 1. The van der Waals surface area contributed by atoms with Gasteiger partial charge in [-0.25, -0.2) is 0 Å². The number of aliphatic hydroxyl groups excluding tert-OH is 1. The van der Waals surface area contributed by atoms with Crippen molar-refractivity contribution >= 4 is 5.97 Å². The number of hydrogen-bond donors (Lipinski definition) is 3. The molecule has 0 amide bonds. The third-order valence-corrected chi connectivity index (χ3v) is 6.10. The Bertz CT molecular complexity index is 533. The standard InChI is InChI=1S/C20H29NO3/c22-10-9-20(12-16-7-4-8-17(11-16)13-20)18(19(23)24)21-14-15-5-2-1-3-6-15/h1-3,5-6,16-18,21-22H,4,7-14H2,(H,23,24). The van der Waals surface area contributed by atoms with Crippen molar-refractivity contribution in [2.75, 3.05) is 6.61 Å². The van der Waals surface area contributed by atoms with Crippen molar-refractivity contribution in [3.63, 3.8) is 0 Å². The Hall–Kier alpha value is -1.39. The van der Waals surface area contributed by atoms with Crippen LogP contribution in [-0.4, -0.2) is 28.8 Å². The van der Waals surface area contributed by atoms with Gasteiger partial charge in [0.15, 0.2) is 0 Å². The van der Waals surface area contributed by atoms with Crippen molar-refractivity contribution in [1.82, 2.24) is 5.32 Å². The number of carbonyl (C=O) groups is 1. The number of carboxylic acid groups (broad SMARTS) is 1. The van der Waals surface area contributed by atoms with E-state index in [4.69, 9.17) is 0 Å². The second-order valence-corrected chi connectivity index (χ2v) is 7.78. The molecule has 1 aromatic carbocycles. The molecule has 0 spiro atoms. The zero-order valence-corrected chi connectivity index (χ0v) is 14.3. The van der Waals surface area contributed by atoms with Crippen LogP contribution in [0.5, 0.6) is 0 Å². The Labute approximate surface area is 144 Å². The van der Waals surface area contributed by atoms with Crippen LogP contribution in [0.4, 0.5) is 0 Å². The van der Waals surface area contributed by atoms with Gasteiger partial charge in [-0.3, -0.25) is 10.1 Å². The highest BCUT2D eigenvalue weighted by atomic mass is 16.4. The average molecular weight is 331 g/mol. The van der Waals surface area contributed by atoms with Crippen LogP contribution in [0.2, 0.25) is 0 Å². The molecule has 2 saturated carbocycles. The number of nitrogens with one attached hydrogen (secondary N) is 1. The highest BCUT2D eigenvalue weighted by molar-refractivity contribution is 5.74. The highest BCUT2D eigenvalue weighted by Gasteiger charge is 2.49. The van der Waals surface area contributed by atoms with E-state index >= 15 is 0 Å². The van der Waals surface area contributed by atoms with E-state index < -0.39 is 12.0 Å². The third-order valence-electron chi connectivity index (χ3n) is 6.10. The van der Waals surface area contributed by atoms with Gasteiger partial charge < -0.3 is 10.2 Å². The van der Waals surface area contributed by atoms with E-state index in [2.05, 4.69) is 5.32 Å². The molecule has 132 valence electrons. The lowest BCUT2D eigenvalue weighted by Crippen LogP contribution is -2.54. The predicted octanol–water partition coefficient (Wildman–Crippen LogP) is 3.20. The summed E-state index contributed by atoms with van der Waals surface area (Å²) in [4.78, 5) is 12.1. The van der Waals surface area contributed by atoms with E-state index in [1.807, 2.05) is 30.3 Å². The van der Waals surface area contributed by atoms with Crippen molar-refractivity contribution in [1.29, 1.82) is 0 Å². The van der Waals surface area contributed by atoms with Gasteiger partial charge in [-0.15, -0.1) is 0 Å². The molecular formula is C20H29NO3. The van der Waals surface area contributed by atoms with Gasteiger partial charge in [0, 0.05) is 13.2 Å². The lowest BCUT2D eigenvalue weighted by Gasteiger charge is -2.50. The van der Waals surface area contributed by atoms with Crippen LogP contribution in [0, 0.1) is 17.3 Å². The molecule has 0 aliphatic heterocycles. The molecule has 0 saturated heterocycles. The van der Waals surface area contributed by atoms with Crippen LogP contribution in [-0.2, 0) is 11.3 Å². The number of rotatable bonds is 7. The van der Waals surface area contributed by atoms with Crippen molar-refractivity contribution in [2.24, 2.45) is 17.3 Å². The number of hydrogen-bond acceptors (Lipinski definition) is 3. The Balaban J connectivity index is 1.78. The summed E-state index contributed by atoms with van der Waals surface area (Å²) in [7, 11) is 0. The maximum atomic E-state index is 12.1. The number of aliphatic carboxylic acids is 1. The SMILES string of the molecule is O=C(O)C(NCc1ccccc1)C1(CCO)CC2CCCC(C2)C1. The van der Waals surface area contributed by atoms with Crippen molar-refractivity contribution in [3.05, 3.63) is 35.9 Å². The Morgan fingerprint density at radius 2 is 1.88 bits per heavy atom. The molecule has 0 heterocycles.